The Labute approximate surface area is 164 Å². The van der Waals surface area contributed by atoms with Gasteiger partial charge in [0, 0.05) is 29.1 Å². The van der Waals surface area contributed by atoms with Crippen molar-refractivity contribution in [3.8, 4) is 5.75 Å². The van der Waals surface area contributed by atoms with Gasteiger partial charge in [0.05, 0.1) is 12.7 Å². The van der Waals surface area contributed by atoms with E-state index in [2.05, 4.69) is 64.3 Å². The number of benzene rings is 1. The summed E-state index contributed by atoms with van der Waals surface area (Å²) >= 11 is 0. The predicted molar refractivity (Wildman–Crippen MR) is 111 cm³/mol. The smallest absolute Gasteiger partial charge is 0.126 e. The number of piperidine rings is 1. The van der Waals surface area contributed by atoms with Gasteiger partial charge in [0.15, 0.2) is 0 Å². The molecule has 1 fully saturated rings. The van der Waals surface area contributed by atoms with Crippen LogP contribution in [0.25, 0.3) is 0 Å². The lowest BCUT2D eigenvalue weighted by Crippen LogP contribution is -2.66. The highest BCUT2D eigenvalue weighted by Gasteiger charge is 2.52. The Hall–Kier alpha value is -1.36. The first-order valence-electron chi connectivity index (χ1n) is 10.0. The molecule has 1 heterocycles. The van der Waals surface area contributed by atoms with E-state index in [1.54, 1.807) is 0 Å². The fraction of sp³-hybridized carbons (Fsp3) is 0.652. The molecule has 1 aromatic rings. The van der Waals surface area contributed by atoms with Crippen molar-refractivity contribution in [3.05, 3.63) is 41.5 Å². The standard InChI is InChI=1S/C23H37NO3/c1-8-17-10-9-11-18(21(17)27-15-16(2)3)20-19(26)14-22(4,5)24(12-13-25)23(20,6)7/h9-11,19-20,25-26H,2,8,12-15H2,1,3-7H3. The van der Waals surface area contributed by atoms with Gasteiger partial charge in [-0.15, -0.1) is 0 Å². The Morgan fingerprint density at radius 3 is 2.52 bits per heavy atom. The van der Waals surface area contributed by atoms with Crippen molar-refractivity contribution in [2.24, 2.45) is 0 Å². The van der Waals surface area contributed by atoms with Crippen LogP contribution in [0, 0.1) is 0 Å². The first-order valence-corrected chi connectivity index (χ1v) is 10.0. The van der Waals surface area contributed by atoms with E-state index >= 15 is 0 Å². The predicted octanol–water partition coefficient (Wildman–Crippen LogP) is 3.90. The van der Waals surface area contributed by atoms with Gasteiger partial charge in [-0.05, 0) is 58.6 Å². The number of para-hydroxylation sites is 1. The third-order valence-electron chi connectivity index (χ3n) is 5.91. The molecule has 152 valence electrons. The van der Waals surface area contributed by atoms with E-state index in [0.29, 0.717) is 19.6 Å². The van der Waals surface area contributed by atoms with Gasteiger partial charge in [0.25, 0.3) is 0 Å². The summed E-state index contributed by atoms with van der Waals surface area (Å²) in [5.74, 6) is 0.771. The van der Waals surface area contributed by atoms with Crippen molar-refractivity contribution in [2.75, 3.05) is 19.8 Å². The fourth-order valence-corrected chi connectivity index (χ4v) is 4.94. The second-order valence-corrected chi connectivity index (χ2v) is 9.03. The highest BCUT2D eigenvalue weighted by Crippen LogP contribution is 2.49. The molecule has 1 aliphatic heterocycles. The quantitative estimate of drug-likeness (QED) is 0.710. The molecule has 1 saturated heterocycles. The molecule has 2 N–H and O–H groups in total. The zero-order valence-electron chi connectivity index (χ0n) is 17.9. The molecule has 0 amide bonds. The fourth-order valence-electron chi connectivity index (χ4n) is 4.94. The molecule has 0 bridgehead atoms. The van der Waals surface area contributed by atoms with Gasteiger partial charge in [-0.25, -0.2) is 0 Å². The number of aliphatic hydroxyl groups is 2. The van der Waals surface area contributed by atoms with Crippen LogP contribution in [0.3, 0.4) is 0 Å². The van der Waals surface area contributed by atoms with E-state index in [4.69, 9.17) is 4.74 Å². The summed E-state index contributed by atoms with van der Waals surface area (Å²) < 4.78 is 6.18. The number of aryl methyl sites for hydroxylation is 1. The van der Waals surface area contributed by atoms with Gasteiger partial charge < -0.3 is 14.9 Å². The molecular weight excluding hydrogens is 338 g/mol. The molecule has 0 spiro atoms. The molecule has 0 aromatic heterocycles. The van der Waals surface area contributed by atoms with Crippen LogP contribution in [0.4, 0.5) is 0 Å². The van der Waals surface area contributed by atoms with Gasteiger partial charge >= 0.3 is 0 Å². The van der Waals surface area contributed by atoms with Crippen LogP contribution in [0.5, 0.6) is 5.75 Å². The van der Waals surface area contributed by atoms with Crippen molar-refractivity contribution in [2.45, 2.75) is 77.5 Å². The average molecular weight is 376 g/mol. The monoisotopic (exact) mass is 375 g/mol. The normalized spacial score (nSPS) is 24.6. The maximum atomic E-state index is 11.2. The summed E-state index contributed by atoms with van der Waals surface area (Å²) in [4.78, 5) is 2.33. The highest BCUT2D eigenvalue weighted by molar-refractivity contribution is 5.46. The molecule has 0 saturated carbocycles. The van der Waals surface area contributed by atoms with E-state index in [9.17, 15) is 10.2 Å². The minimum absolute atomic E-state index is 0.101. The van der Waals surface area contributed by atoms with Gasteiger partial charge in [-0.2, -0.15) is 0 Å². The largest absolute Gasteiger partial charge is 0.489 e. The van der Waals surface area contributed by atoms with Crippen molar-refractivity contribution >= 4 is 0 Å². The van der Waals surface area contributed by atoms with Gasteiger partial charge in [-0.3, -0.25) is 4.90 Å². The highest BCUT2D eigenvalue weighted by atomic mass is 16.5. The lowest BCUT2D eigenvalue weighted by atomic mass is 9.67. The van der Waals surface area contributed by atoms with Crippen LogP contribution < -0.4 is 4.74 Å². The molecule has 0 aliphatic carbocycles. The topological polar surface area (TPSA) is 52.9 Å². The third kappa shape index (κ3) is 4.39. The SMILES string of the molecule is C=C(C)COc1c(CC)cccc1C1C(O)CC(C)(C)N(CCO)C1(C)C. The number of rotatable bonds is 7. The molecule has 4 nitrogen and oxygen atoms in total. The first-order chi connectivity index (χ1) is 12.6. The Morgan fingerprint density at radius 1 is 1.30 bits per heavy atom. The lowest BCUT2D eigenvalue weighted by Gasteiger charge is -2.58. The number of aliphatic hydroxyl groups excluding tert-OH is 2. The number of β-amino-alcohol motifs (C(OH)–C–C–N with tert-alkyl or cyclic N) is 1. The van der Waals surface area contributed by atoms with Crippen molar-refractivity contribution < 1.29 is 14.9 Å². The Bertz CT molecular complexity index is 666. The van der Waals surface area contributed by atoms with Crippen LogP contribution in [0.15, 0.2) is 30.4 Å². The minimum Gasteiger partial charge on any atom is -0.489 e. The number of hydrogen-bond donors (Lipinski definition) is 2. The summed E-state index contributed by atoms with van der Waals surface area (Å²) in [7, 11) is 0. The van der Waals surface area contributed by atoms with Crippen molar-refractivity contribution in [1.82, 2.24) is 4.90 Å². The van der Waals surface area contributed by atoms with Gasteiger partial charge in [-0.1, -0.05) is 31.7 Å². The lowest BCUT2D eigenvalue weighted by molar-refractivity contribution is -0.103. The molecule has 1 aliphatic rings. The number of likely N-dealkylation sites (tertiary alicyclic amines) is 1. The van der Waals surface area contributed by atoms with Crippen LogP contribution >= 0.6 is 0 Å². The van der Waals surface area contributed by atoms with E-state index in [-0.39, 0.29) is 23.6 Å². The summed E-state index contributed by atoms with van der Waals surface area (Å²) in [5, 5.41) is 20.8. The van der Waals surface area contributed by atoms with Crippen LogP contribution in [-0.2, 0) is 6.42 Å². The average Bonchev–Trinajstić information content (AvgIpc) is 2.56. The van der Waals surface area contributed by atoms with E-state index in [1.165, 1.54) is 0 Å². The molecule has 27 heavy (non-hydrogen) atoms. The number of nitrogens with zero attached hydrogens (tertiary/aromatic N) is 1. The molecule has 2 unspecified atom stereocenters. The molecule has 1 aromatic carbocycles. The zero-order valence-corrected chi connectivity index (χ0v) is 17.9. The second-order valence-electron chi connectivity index (χ2n) is 9.03. The van der Waals surface area contributed by atoms with E-state index in [0.717, 1.165) is 28.9 Å². The molecular formula is C23H37NO3. The number of ether oxygens (including phenoxy) is 1. The Morgan fingerprint density at radius 2 is 1.96 bits per heavy atom. The van der Waals surface area contributed by atoms with Crippen LogP contribution in [-0.4, -0.2) is 52.1 Å². The van der Waals surface area contributed by atoms with E-state index in [1.807, 2.05) is 6.92 Å². The summed E-state index contributed by atoms with van der Waals surface area (Å²) in [6.45, 7) is 17.8. The first kappa shape index (κ1) is 21.9. The van der Waals surface area contributed by atoms with Crippen molar-refractivity contribution in [3.63, 3.8) is 0 Å². The van der Waals surface area contributed by atoms with E-state index < -0.39 is 6.10 Å². The Balaban J connectivity index is 2.56. The molecule has 2 rings (SSSR count). The van der Waals surface area contributed by atoms with Crippen LogP contribution in [0.2, 0.25) is 0 Å². The van der Waals surface area contributed by atoms with Crippen LogP contribution in [0.1, 0.15) is 65.0 Å². The zero-order chi connectivity index (χ0) is 20.4. The minimum atomic E-state index is -0.482. The van der Waals surface area contributed by atoms with Crippen molar-refractivity contribution in [1.29, 1.82) is 0 Å². The summed E-state index contributed by atoms with van der Waals surface area (Å²) in [6.07, 6.45) is 1.04. The maximum Gasteiger partial charge on any atom is 0.126 e. The second kappa shape index (κ2) is 8.34. The number of hydrogen-bond acceptors (Lipinski definition) is 4. The third-order valence-corrected chi connectivity index (χ3v) is 5.91. The molecule has 0 radical (unpaired) electrons. The Kier molecular flexibility index (Phi) is 6.77. The van der Waals surface area contributed by atoms with Gasteiger partial charge in [0.2, 0.25) is 0 Å². The summed E-state index contributed by atoms with van der Waals surface area (Å²) in [6, 6.07) is 6.23. The maximum absolute atomic E-state index is 11.2. The summed E-state index contributed by atoms with van der Waals surface area (Å²) in [5.41, 5.74) is 2.64. The molecule has 4 heteroatoms. The molecule has 2 atom stereocenters. The van der Waals surface area contributed by atoms with Gasteiger partial charge in [0.1, 0.15) is 12.4 Å².